The first-order valence-corrected chi connectivity index (χ1v) is 11.6. The molecule has 12 heteroatoms. The van der Waals surface area contributed by atoms with Gasteiger partial charge in [0.05, 0.1) is 42.7 Å². The summed E-state index contributed by atoms with van der Waals surface area (Å²) < 4.78 is 39.1. The molecule has 10 nitrogen and oxygen atoms in total. The van der Waals surface area contributed by atoms with E-state index in [-0.39, 0.29) is 13.2 Å². The normalized spacial score (nSPS) is 12.8. The van der Waals surface area contributed by atoms with Crippen LogP contribution < -0.4 is 16.4 Å². The molecule has 0 radical (unpaired) electrons. The van der Waals surface area contributed by atoms with E-state index < -0.39 is 42.7 Å². The number of carbonyl (C=O) groups is 2. The second kappa shape index (κ2) is 12.1. The minimum atomic E-state index is -3.46. The van der Waals surface area contributed by atoms with Crippen molar-refractivity contribution in [1.29, 1.82) is 0 Å². The second-order valence-electron chi connectivity index (χ2n) is 9.09. The van der Waals surface area contributed by atoms with Crippen LogP contribution in [-0.2, 0) is 27.5 Å². The van der Waals surface area contributed by atoms with E-state index in [4.69, 9.17) is 20.3 Å². The standard InChI is InChI=1S/C25H31F2N5O5/c1-24(2,28)22(34)31-20(14-36-12-17-7-4-3-5-8-17)21-29-11-18-9-6-10-19(32(18)21)13-37-23(35)30-15-25(26,27)16-33/h3-11,20,33H,12-16,28H2,1-2H3,(H,30,35)(H,31,34)/t20-/m1/s1. The number of nitrogens with two attached hydrogens (primary N) is 1. The molecule has 0 aliphatic carbocycles. The first-order valence-electron chi connectivity index (χ1n) is 11.6. The molecular formula is C25H31F2N5O5. The summed E-state index contributed by atoms with van der Waals surface area (Å²) in [6.07, 6.45) is 0.512. The van der Waals surface area contributed by atoms with E-state index in [2.05, 4.69) is 10.3 Å². The van der Waals surface area contributed by atoms with Crippen LogP contribution in [0.2, 0.25) is 0 Å². The molecule has 0 unspecified atom stereocenters. The van der Waals surface area contributed by atoms with Gasteiger partial charge in [0.1, 0.15) is 25.1 Å². The Morgan fingerprint density at radius 2 is 1.86 bits per heavy atom. The summed E-state index contributed by atoms with van der Waals surface area (Å²) in [7, 11) is 0. The molecule has 2 heterocycles. The Labute approximate surface area is 212 Å². The van der Waals surface area contributed by atoms with Gasteiger partial charge in [-0.2, -0.15) is 0 Å². The van der Waals surface area contributed by atoms with Gasteiger partial charge in [-0.05, 0) is 31.5 Å². The van der Waals surface area contributed by atoms with Crippen LogP contribution in [0.4, 0.5) is 13.6 Å². The van der Waals surface area contributed by atoms with Gasteiger partial charge in [0.2, 0.25) is 5.91 Å². The molecule has 0 saturated carbocycles. The van der Waals surface area contributed by atoms with E-state index in [0.29, 0.717) is 23.6 Å². The van der Waals surface area contributed by atoms with Crippen molar-refractivity contribution in [2.75, 3.05) is 19.8 Å². The number of nitrogens with zero attached hydrogens (tertiary/aromatic N) is 2. The lowest BCUT2D eigenvalue weighted by Gasteiger charge is -2.24. The topological polar surface area (TPSA) is 140 Å². The van der Waals surface area contributed by atoms with Crippen LogP contribution in [0, 0.1) is 0 Å². The highest BCUT2D eigenvalue weighted by atomic mass is 19.3. The van der Waals surface area contributed by atoms with E-state index in [1.165, 1.54) is 0 Å². The Hall–Kier alpha value is -3.61. The summed E-state index contributed by atoms with van der Waals surface area (Å²) in [6.45, 7) is 0.789. The molecule has 1 aromatic carbocycles. The number of benzene rings is 1. The molecule has 0 aliphatic rings. The Morgan fingerprint density at radius 1 is 1.14 bits per heavy atom. The highest BCUT2D eigenvalue weighted by Crippen LogP contribution is 2.20. The predicted molar refractivity (Wildman–Crippen MR) is 131 cm³/mol. The van der Waals surface area contributed by atoms with E-state index >= 15 is 0 Å². The fourth-order valence-electron chi connectivity index (χ4n) is 3.34. The number of aromatic nitrogens is 2. The lowest BCUT2D eigenvalue weighted by molar-refractivity contribution is -0.126. The largest absolute Gasteiger partial charge is 0.443 e. The van der Waals surface area contributed by atoms with Crippen molar-refractivity contribution >= 4 is 17.5 Å². The van der Waals surface area contributed by atoms with E-state index in [1.807, 2.05) is 35.6 Å². The first kappa shape index (κ1) is 28.0. The van der Waals surface area contributed by atoms with Crippen LogP contribution in [0.15, 0.2) is 54.7 Å². The van der Waals surface area contributed by atoms with E-state index in [0.717, 1.165) is 5.56 Å². The zero-order chi connectivity index (χ0) is 27.1. The van der Waals surface area contributed by atoms with Gasteiger partial charge in [-0.3, -0.25) is 9.20 Å². The predicted octanol–water partition coefficient (Wildman–Crippen LogP) is 2.30. The summed E-state index contributed by atoms with van der Waals surface area (Å²) in [6, 6.07) is 14.0. The molecule has 2 aromatic heterocycles. The second-order valence-corrected chi connectivity index (χ2v) is 9.09. The molecule has 2 amide bonds. The van der Waals surface area contributed by atoms with Crippen molar-refractivity contribution in [3.05, 3.63) is 71.8 Å². The van der Waals surface area contributed by atoms with Crippen molar-refractivity contribution in [1.82, 2.24) is 20.0 Å². The molecule has 37 heavy (non-hydrogen) atoms. The molecule has 3 rings (SSSR count). The summed E-state index contributed by atoms with van der Waals surface area (Å²) >= 11 is 0. The third kappa shape index (κ3) is 7.94. The molecule has 0 aliphatic heterocycles. The third-order valence-corrected chi connectivity index (χ3v) is 5.33. The minimum absolute atomic E-state index is 0.0712. The molecule has 0 bridgehead atoms. The monoisotopic (exact) mass is 519 g/mol. The maximum Gasteiger partial charge on any atom is 0.407 e. The number of pyridine rings is 1. The maximum absolute atomic E-state index is 13.2. The SMILES string of the molecule is CC(C)(N)C(=O)N[C@H](COCc1ccccc1)c1ncc2cccc(COC(=O)NCC(F)(F)CO)n12. The fraction of sp³-hybridized carbons (Fsp3) is 0.400. The summed E-state index contributed by atoms with van der Waals surface area (Å²) in [5.41, 5.74) is 6.89. The summed E-state index contributed by atoms with van der Waals surface area (Å²) in [5, 5.41) is 13.4. The Kier molecular flexibility index (Phi) is 9.14. The molecular weight excluding hydrogens is 488 g/mol. The molecule has 0 spiro atoms. The average molecular weight is 520 g/mol. The number of ether oxygens (including phenoxy) is 2. The third-order valence-electron chi connectivity index (χ3n) is 5.33. The molecule has 0 fully saturated rings. The van der Waals surface area contributed by atoms with E-state index in [1.54, 1.807) is 42.6 Å². The number of amides is 2. The van der Waals surface area contributed by atoms with Crippen LogP contribution in [0.5, 0.6) is 0 Å². The number of hydrogen-bond acceptors (Lipinski definition) is 7. The molecule has 3 aromatic rings. The van der Waals surface area contributed by atoms with Gasteiger partial charge in [-0.25, -0.2) is 18.6 Å². The highest BCUT2D eigenvalue weighted by molar-refractivity contribution is 5.85. The van der Waals surface area contributed by atoms with Gasteiger partial charge in [0, 0.05) is 0 Å². The molecule has 5 N–H and O–H groups in total. The number of hydrogen-bond donors (Lipinski definition) is 4. The zero-order valence-electron chi connectivity index (χ0n) is 20.6. The van der Waals surface area contributed by atoms with Crippen LogP contribution in [0.25, 0.3) is 5.52 Å². The highest BCUT2D eigenvalue weighted by Gasteiger charge is 2.29. The van der Waals surface area contributed by atoms with Crippen LogP contribution in [-0.4, -0.2) is 57.7 Å². The van der Waals surface area contributed by atoms with Crippen LogP contribution in [0.1, 0.15) is 37.0 Å². The number of alkyl carbamates (subject to hydrolysis) is 1. The molecule has 0 saturated heterocycles. The number of alkyl halides is 2. The van der Waals surface area contributed by atoms with Gasteiger partial charge in [-0.15, -0.1) is 0 Å². The average Bonchev–Trinajstić information content (AvgIpc) is 3.30. The van der Waals surface area contributed by atoms with Crippen molar-refractivity contribution < 1.29 is 33.0 Å². The maximum atomic E-state index is 13.2. The Morgan fingerprint density at radius 3 is 2.54 bits per heavy atom. The van der Waals surface area contributed by atoms with Crippen LogP contribution >= 0.6 is 0 Å². The first-order chi connectivity index (χ1) is 17.5. The van der Waals surface area contributed by atoms with Gasteiger partial charge in [0.25, 0.3) is 5.92 Å². The van der Waals surface area contributed by atoms with Crippen molar-refractivity contribution in [3.63, 3.8) is 0 Å². The number of aliphatic hydroxyl groups excluding tert-OH is 1. The smallest absolute Gasteiger partial charge is 0.407 e. The summed E-state index contributed by atoms with van der Waals surface area (Å²) in [4.78, 5) is 29.1. The minimum Gasteiger partial charge on any atom is -0.443 e. The van der Waals surface area contributed by atoms with Crippen molar-refractivity contribution in [2.45, 2.75) is 44.6 Å². The Balaban J connectivity index is 1.80. The molecule has 1 atom stereocenters. The number of aliphatic hydroxyl groups is 1. The summed E-state index contributed by atoms with van der Waals surface area (Å²) in [5.74, 6) is -3.47. The molecule has 200 valence electrons. The number of halogens is 2. The van der Waals surface area contributed by atoms with Gasteiger partial charge in [-0.1, -0.05) is 36.4 Å². The number of fused-ring (bicyclic) bond motifs is 1. The number of imidazole rings is 1. The Bertz CT molecular complexity index is 1200. The lowest BCUT2D eigenvalue weighted by atomic mass is 10.1. The quantitative estimate of drug-likeness (QED) is 0.288. The van der Waals surface area contributed by atoms with Crippen LogP contribution in [0.3, 0.4) is 0 Å². The van der Waals surface area contributed by atoms with Gasteiger partial charge in [0.15, 0.2) is 0 Å². The van der Waals surface area contributed by atoms with Gasteiger partial charge >= 0.3 is 6.09 Å². The number of nitrogens with one attached hydrogen (secondary N) is 2. The number of rotatable bonds is 12. The lowest BCUT2D eigenvalue weighted by Crippen LogP contribution is -2.51. The van der Waals surface area contributed by atoms with E-state index in [9.17, 15) is 18.4 Å². The van der Waals surface area contributed by atoms with Crippen molar-refractivity contribution in [2.24, 2.45) is 5.73 Å². The number of carbonyl (C=O) groups excluding carboxylic acids is 2. The van der Waals surface area contributed by atoms with Gasteiger partial charge < -0.3 is 30.9 Å². The fourth-order valence-corrected chi connectivity index (χ4v) is 3.34. The zero-order valence-corrected chi connectivity index (χ0v) is 20.6. The van der Waals surface area contributed by atoms with Crippen molar-refractivity contribution in [3.8, 4) is 0 Å².